The van der Waals surface area contributed by atoms with E-state index in [0.717, 1.165) is 18.6 Å². The van der Waals surface area contributed by atoms with Crippen LogP contribution in [0.25, 0.3) is 11.3 Å². The summed E-state index contributed by atoms with van der Waals surface area (Å²) in [5.41, 5.74) is 1.85. The monoisotopic (exact) mass is 762 g/mol. The summed E-state index contributed by atoms with van der Waals surface area (Å²) in [5, 5.41) is 32.4. The highest BCUT2D eigenvalue weighted by Gasteiger charge is 2.53. The van der Waals surface area contributed by atoms with Crippen LogP contribution in [-0.2, 0) is 23.7 Å². The topological polar surface area (TPSA) is 190 Å². The fourth-order valence-electron chi connectivity index (χ4n) is 7.23. The quantitative estimate of drug-likeness (QED) is 0.113. The average Bonchev–Trinajstić information content (AvgIpc) is 3.98. The molecule has 5 N–H and O–H groups in total. The van der Waals surface area contributed by atoms with Gasteiger partial charge in [0.15, 0.2) is 0 Å². The number of hydrogen-bond acceptors (Lipinski definition) is 12. The van der Waals surface area contributed by atoms with E-state index in [1.807, 2.05) is 0 Å². The molecule has 2 aliphatic carbocycles. The van der Waals surface area contributed by atoms with E-state index in [-0.39, 0.29) is 41.0 Å². The molecule has 18 heteroatoms. The number of pyridine rings is 1. The third-order valence-corrected chi connectivity index (χ3v) is 9.84. The van der Waals surface area contributed by atoms with E-state index < -0.39 is 30.2 Å². The maximum Gasteiger partial charge on any atom is 0.573 e. The van der Waals surface area contributed by atoms with Crippen LogP contribution in [0.1, 0.15) is 29.6 Å². The van der Waals surface area contributed by atoms with Gasteiger partial charge in [0.2, 0.25) is 5.91 Å². The highest BCUT2D eigenvalue weighted by Crippen LogP contribution is 2.48. The number of benzene rings is 1. The Morgan fingerprint density at radius 1 is 0.944 bits per heavy atom. The van der Waals surface area contributed by atoms with Crippen LogP contribution in [0, 0.1) is 17.8 Å². The third-order valence-electron chi connectivity index (χ3n) is 9.84. The average molecular weight is 763 g/mol. The molecule has 2 aromatic heterocycles. The molecule has 1 aromatic carbocycles. The molecule has 6 atom stereocenters. The van der Waals surface area contributed by atoms with Gasteiger partial charge < -0.3 is 49.4 Å². The zero-order valence-corrected chi connectivity index (χ0v) is 29.5. The summed E-state index contributed by atoms with van der Waals surface area (Å²) in [5.74, 6) is -0.742. The van der Waals surface area contributed by atoms with Crippen molar-refractivity contribution in [3.8, 4) is 17.0 Å². The van der Waals surface area contributed by atoms with Crippen molar-refractivity contribution < 1.29 is 56.7 Å². The number of carbonyl (C=O) groups is 2. The highest BCUT2D eigenvalue weighted by molar-refractivity contribution is 6.05. The number of rotatable bonds is 19. The third kappa shape index (κ3) is 10.5. The Labute approximate surface area is 309 Å². The largest absolute Gasteiger partial charge is 0.573 e. The van der Waals surface area contributed by atoms with Gasteiger partial charge in [0.05, 0.1) is 75.8 Å². The SMILES string of the molecule is O=C(Nc1ccc(OC(F)(F)F)cc1)c1cnc(N2CC[C@@H](OCCOCCOCCOCCNC(=O)[C@H]3C[C@@H]4C[C@H]3[C@@H](O)[C@H]4O)C2)c(-c2ccn[nH]2)c1. The molecule has 15 nitrogen and oxygen atoms in total. The molecule has 2 amide bonds. The van der Waals surface area contributed by atoms with Gasteiger partial charge in [0.1, 0.15) is 11.6 Å². The number of nitrogens with zero attached hydrogens (tertiary/aromatic N) is 3. The number of hydrogen-bond donors (Lipinski definition) is 5. The Kier molecular flexibility index (Phi) is 13.4. The Hall–Kier alpha value is -4.33. The van der Waals surface area contributed by atoms with Gasteiger partial charge >= 0.3 is 6.36 Å². The Balaban J connectivity index is 0.838. The molecular formula is C36H45F3N6O9. The molecule has 1 aliphatic heterocycles. The lowest BCUT2D eigenvalue weighted by atomic mass is 9.84. The number of halogens is 3. The molecule has 3 aliphatic rings. The van der Waals surface area contributed by atoms with E-state index in [9.17, 15) is 33.0 Å². The van der Waals surface area contributed by atoms with Gasteiger partial charge in [-0.15, -0.1) is 13.2 Å². The summed E-state index contributed by atoms with van der Waals surface area (Å²) in [6.07, 6.45) is -1.27. The van der Waals surface area contributed by atoms with Crippen LogP contribution < -0.4 is 20.3 Å². The van der Waals surface area contributed by atoms with Gasteiger partial charge in [-0.3, -0.25) is 14.7 Å². The van der Waals surface area contributed by atoms with Crippen molar-refractivity contribution in [1.29, 1.82) is 0 Å². The lowest BCUT2D eigenvalue weighted by Crippen LogP contribution is -2.43. The lowest BCUT2D eigenvalue weighted by Gasteiger charge is -2.28. The fraction of sp³-hybridized carbons (Fsp3) is 0.556. The molecule has 2 bridgehead atoms. The molecule has 3 aromatic rings. The van der Waals surface area contributed by atoms with Gasteiger partial charge in [0.25, 0.3) is 5.91 Å². The summed E-state index contributed by atoms with van der Waals surface area (Å²) in [6, 6.07) is 8.30. The number of nitrogens with one attached hydrogen (secondary N) is 3. The van der Waals surface area contributed by atoms with Crippen LogP contribution in [-0.4, -0.2) is 128 Å². The van der Waals surface area contributed by atoms with Crippen LogP contribution in [0.15, 0.2) is 48.8 Å². The maximum absolute atomic E-state index is 13.0. The number of carbonyl (C=O) groups excluding carboxylic acids is 2. The second-order valence-electron chi connectivity index (χ2n) is 13.4. The van der Waals surface area contributed by atoms with Crippen molar-refractivity contribution in [2.75, 3.05) is 76.1 Å². The number of fused-ring (bicyclic) bond motifs is 2. The lowest BCUT2D eigenvalue weighted by molar-refractivity contribution is -0.274. The van der Waals surface area contributed by atoms with E-state index >= 15 is 0 Å². The first kappa shape index (κ1) is 39.4. The predicted octanol–water partition coefficient (Wildman–Crippen LogP) is 2.76. The van der Waals surface area contributed by atoms with Crippen molar-refractivity contribution in [3.63, 3.8) is 0 Å². The van der Waals surface area contributed by atoms with Crippen molar-refractivity contribution in [2.45, 2.75) is 43.9 Å². The van der Waals surface area contributed by atoms with E-state index in [2.05, 4.69) is 35.5 Å². The molecule has 6 rings (SSSR count). The number of amides is 2. The Morgan fingerprint density at radius 3 is 2.33 bits per heavy atom. The Bertz CT molecular complexity index is 1660. The van der Waals surface area contributed by atoms with E-state index in [4.69, 9.17) is 18.9 Å². The predicted molar refractivity (Wildman–Crippen MR) is 187 cm³/mol. The van der Waals surface area contributed by atoms with E-state index in [1.165, 1.54) is 18.3 Å². The normalized spacial score (nSPS) is 23.5. The van der Waals surface area contributed by atoms with Gasteiger partial charge in [-0.25, -0.2) is 4.98 Å². The number of alkyl halides is 3. The highest BCUT2D eigenvalue weighted by atomic mass is 19.4. The number of aliphatic hydroxyl groups is 2. The standard InChI is InChI=1S/C36H45F3N6O9/c37-36(38,39)54-25-3-1-24(2-4-25)43-34(48)23-19-29(30-5-7-42-44-30)33(41-20-23)45-9-6-26(21-45)53-16-15-52-14-13-51-12-11-50-10-8-40-35(49)28-18-22-17-27(28)32(47)31(22)46/h1-5,7,19-20,22,26-28,31-32,46-47H,6,8-18,21H2,(H,40,49)(H,42,44)(H,43,48)/t22-,26+,27+,28-,31-,32+/m0/s1. The van der Waals surface area contributed by atoms with Gasteiger partial charge in [0, 0.05) is 49.2 Å². The van der Waals surface area contributed by atoms with Gasteiger partial charge in [-0.2, -0.15) is 5.10 Å². The van der Waals surface area contributed by atoms with Crippen molar-refractivity contribution in [2.24, 2.45) is 17.8 Å². The second kappa shape index (κ2) is 18.3. The molecule has 0 unspecified atom stereocenters. The van der Waals surface area contributed by atoms with Crippen molar-refractivity contribution >= 4 is 23.3 Å². The Morgan fingerprint density at radius 2 is 1.67 bits per heavy atom. The molecule has 294 valence electrons. The van der Waals surface area contributed by atoms with Crippen molar-refractivity contribution in [3.05, 3.63) is 54.4 Å². The minimum absolute atomic E-state index is 0.00621. The summed E-state index contributed by atoms with van der Waals surface area (Å²) in [4.78, 5) is 32.1. The fourth-order valence-corrected chi connectivity index (χ4v) is 7.23. The molecule has 3 heterocycles. The van der Waals surface area contributed by atoms with Gasteiger partial charge in [-0.05, 0) is 67.5 Å². The van der Waals surface area contributed by atoms with Crippen molar-refractivity contribution in [1.82, 2.24) is 20.5 Å². The summed E-state index contributed by atoms with van der Waals surface area (Å²) >= 11 is 0. The molecule has 54 heavy (non-hydrogen) atoms. The smallest absolute Gasteiger partial charge is 0.406 e. The molecule has 3 fully saturated rings. The zero-order valence-electron chi connectivity index (χ0n) is 29.5. The summed E-state index contributed by atoms with van der Waals surface area (Å²) in [6.45, 7) is 4.34. The molecule has 0 spiro atoms. The summed E-state index contributed by atoms with van der Waals surface area (Å²) in [7, 11) is 0. The maximum atomic E-state index is 13.0. The minimum atomic E-state index is -4.81. The second-order valence-corrected chi connectivity index (χ2v) is 13.4. The number of aromatic amines is 1. The minimum Gasteiger partial charge on any atom is -0.406 e. The number of aliphatic hydroxyl groups excluding tert-OH is 2. The zero-order chi connectivity index (χ0) is 38.1. The number of ether oxygens (including phenoxy) is 5. The van der Waals surface area contributed by atoms with Gasteiger partial charge in [-0.1, -0.05) is 0 Å². The molecular weight excluding hydrogens is 717 g/mol. The van der Waals surface area contributed by atoms with Crippen LogP contribution >= 0.6 is 0 Å². The molecule has 1 saturated heterocycles. The summed E-state index contributed by atoms with van der Waals surface area (Å²) < 4.78 is 64.0. The molecule has 0 radical (unpaired) electrons. The van der Waals surface area contributed by atoms with Crippen LogP contribution in [0.3, 0.4) is 0 Å². The van der Waals surface area contributed by atoms with E-state index in [1.54, 1.807) is 18.3 Å². The van der Waals surface area contributed by atoms with Crippen LogP contribution in [0.2, 0.25) is 0 Å². The first-order chi connectivity index (χ1) is 26.1. The number of anilines is 2. The first-order valence-electron chi connectivity index (χ1n) is 18.0. The van der Waals surface area contributed by atoms with Crippen LogP contribution in [0.4, 0.5) is 24.7 Å². The van der Waals surface area contributed by atoms with E-state index in [0.29, 0.717) is 95.8 Å². The molecule has 2 saturated carbocycles. The number of aromatic nitrogens is 3. The number of H-pyrrole nitrogens is 1. The van der Waals surface area contributed by atoms with Crippen LogP contribution in [0.5, 0.6) is 5.75 Å². The first-order valence-corrected chi connectivity index (χ1v) is 18.0.